The molecule has 4 nitrogen and oxygen atoms in total. The summed E-state index contributed by atoms with van der Waals surface area (Å²) in [4.78, 5) is 10.1. The third kappa shape index (κ3) is 4.58. The fourth-order valence-corrected chi connectivity index (χ4v) is 4.14. The van der Waals surface area contributed by atoms with E-state index in [1.165, 1.54) is 0 Å². The summed E-state index contributed by atoms with van der Waals surface area (Å²) < 4.78 is 17.2. The highest BCUT2D eigenvalue weighted by Crippen LogP contribution is 2.55. The number of benzene rings is 1. The van der Waals surface area contributed by atoms with Crippen molar-refractivity contribution in [3.05, 3.63) is 28.8 Å². The Kier molecular flexibility index (Phi) is 6.08. The molecule has 0 spiro atoms. The first-order valence-electron chi connectivity index (χ1n) is 8.24. The molecule has 1 heterocycles. The fraction of sp³-hybridized carbons (Fsp3) is 0.647. The van der Waals surface area contributed by atoms with Gasteiger partial charge < -0.3 is 14.7 Å². The third-order valence-corrected chi connectivity index (χ3v) is 6.12. The summed E-state index contributed by atoms with van der Waals surface area (Å²) >= 11 is 0. The highest BCUT2D eigenvalue weighted by Gasteiger charge is 2.41. The number of hydrogen-bond acceptors (Lipinski definition) is 3. The summed E-state index contributed by atoms with van der Waals surface area (Å²) in [5.74, 6) is -0.111. The normalized spacial score (nSPS) is 19.9. The van der Waals surface area contributed by atoms with Gasteiger partial charge in [-0.3, -0.25) is 4.57 Å². The van der Waals surface area contributed by atoms with E-state index in [1.54, 1.807) is 0 Å². The zero-order valence-electron chi connectivity index (χ0n) is 13.5. The van der Waals surface area contributed by atoms with E-state index in [1.807, 2.05) is 12.1 Å². The number of aromatic hydroxyl groups is 1. The molecule has 0 amide bonds. The quantitative estimate of drug-likeness (QED) is 0.527. The molecule has 1 saturated heterocycles. The molecule has 2 N–H and O–H groups in total. The van der Waals surface area contributed by atoms with Crippen LogP contribution in [0.25, 0.3) is 0 Å². The molecular weight excluding hydrogens is 299 g/mol. The van der Waals surface area contributed by atoms with Gasteiger partial charge in [-0.25, -0.2) is 0 Å². The Hall–Kier alpha value is -0.830. The van der Waals surface area contributed by atoms with Crippen LogP contribution in [0.2, 0.25) is 0 Å². The maximum atomic E-state index is 12.2. The third-order valence-electron chi connectivity index (χ3n) is 4.10. The molecule has 1 aliphatic rings. The maximum absolute atomic E-state index is 12.2. The topological polar surface area (TPSA) is 70.1 Å². The Morgan fingerprint density at radius 3 is 2.09 bits per heavy atom. The second-order valence-corrected chi connectivity index (χ2v) is 8.57. The van der Waals surface area contributed by atoms with Gasteiger partial charge in [-0.05, 0) is 42.4 Å². The van der Waals surface area contributed by atoms with Gasteiger partial charge in [0.2, 0.25) is 7.37 Å². The van der Waals surface area contributed by atoms with Crippen molar-refractivity contribution in [2.24, 2.45) is 0 Å². The van der Waals surface area contributed by atoms with Crippen LogP contribution in [0.1, 0.15) is 56.2 Å². The van der Waals surface area contributed by atoms with E-state index >= 15 is 0 Å². The number of epoxide rings is 1. The van der Waals surface area contributed by atoms with Gasteiger partial charge in [-0.1, -0.05) is 38.8 Å². The first-order valence-corrected chi connectivity index (χ1v) is 10.2. The molecule has 0 aromatic heterocycles. The molecule has 2 unspecified atom stereocenters. The van der Waals surface area contributed by atoms with Crippen molar-refractivity contribution < 1.29 is 19.3 Å². The van der Waals surface area contributed by atoms with Gasteiger partial charge in [0.05, 0.1) is 12.8 Å². The van der Waals surface area contributed by atoms with E-state index in [2.05, 4.69) is 13.8 Å². The molecule has 2 atom stereocenters. The van der Waals surface area contributed by atoms with Gasteiger partial charge in [0, 0.05) is 0 Å². The molecule has 2 rings (SSSR count). The first kappa shape index (κ1) is 17.5. The smallest absolute Gasteiger partial charge is 0.235 e. The number of unbranched alkanes of at least 4 members (excludes halogenated alkanes) is 2. The van der Waals surface area contributed by atoms with Crippen LogP contribution in [0.4, 0.5) is 0 Å². The van der Waals surface area contributed by atoms with Gasteiger partial charge in [0.1, 0.15) is 5.75 Å². The summed E-state index contributed by atoms with van der Waals surface area (Å²) in [6, 6.07) is 3.79. The molecule has 1 aromatic rings. The van der Waals surface area contributed by atoms with Crippen LogP contribution in [-0.4, -0.2) is 22.5 Å². The van der Waals surface area contributed by atoms with E-state index in [0.717, 1.165) is 55.2 Å². The Balaban J connectivity index is 2.25. The standard InChI is InChI=1S/C17H27O4P/c1-3-5-7-14-9-13(12-22(19,20)16-11-21-16)10-15(17(14)18)8-6-4-2/h9-10,16,18H,3-8,11-12H2,1-2H3,(H,19,20). The van der Waals surface area contributed by atoms with E-state index < -0.39 is 13.2 Å². The predicted molar refractivity (Wildman–Crippen MR) is 88.6 cm³/mol. The zero-order valence-corrected chi connectivity index (χ0v) is 14.4. The summed E-state index contributed by atoms with van der Waals surface area (Å²) in [5, 5.41) is 10.4. The Morgan fingerprint density at radius 1 is 1.18 bits per heavy atom. The minimum atomic E-state index is -3.29. The number of aryl methyl sites for hydroxylation is 2. The number of ether oxygens (including phenoxy) is 1. The number of rotatable bonds is 9. The number of hydrogen-bond donors (Lipinski definition) is 2. The zero-order chi connectivity index (χ0) is 16.2. The molecule has 0 aliphatic carbocycles. The van der Waals surface area contributed by atoms with Crippen molar-refractivity contribution >= 4 is 7.37 Å². The second kappa shape index (κ2) is 7.63. The largest absolute Gasteiger partial charge is 0.507 e. The van der Waals surface area contributed by atoms with E-state index in [0.29, 0.717) is 12.4 Å². The molecule has 22 heavy (non-hydrogen) atoms. The Morgan fingerprint density at radius 2 is 1.68 bits per heavy atom. The van der Waals surface area contributed by atoms with Crippen LogP contribution < -0.4 is 0 Å². The van der Waals surface area contributed by atoms with Gasteiger partial charge >= 0.3 is 0 Å². The van der Waals surface area contributed by atoms with Gasteiger partial charge in [-0.2, -0.15) is 0 Å². The van der Waals surface area contributed by atoms with E-state index in [9.17, 15) is 14.6 Å². The van der Waals surface area contributed by atoms with Crippen molar-refractivity contribution in [1.29, 1.82) is 0 Å². The highest BCUT2D eigenvalue weighted by molar-refractivity contribution is 7.58. The molecule has 1 aromatic carbocycles. The number of phenols is 1. The minimum Gasteiger partial charge on any atom is -0.507 e. The lowest BCUT2D eigenvalue weighted by atomic mass is 9.97. The van der Waals surface area contributed by atoms with E-state index in [4.69, 9.17) is 4.74 Å². The molecule has 124 valence electrons. The van der Waals surface area contributed by atoms with Crippen LogP contribution in [0.15, 0.2) is 12.1 Å². The second-order valence-electron chi connectivity index (χ2n) is 6.17. The Bertz CT molecular complexity index is 523. The number of phenolic OH excluding ortho intramolecular Hbond substituents is 1. The first-order chi connectivity index (χ1) is 10.5. The van der Waals surface area contributed by atoms with Crippen LogP contribution in [0.3, 0.4) is 0 Å². The molecule has 1 aliphatic heterocycles. The van der Waals surface area contributed by atoms with Crippen LogP contribution in [-0.2, 0) is 28.3 Å². The summed E-state index contributed by atoms with van der Waals surface area (Å²) in [6.45, 7) is 4.62. The van der Waals surface area contributed by atoms with Crippen molar-refractivity contribution in [3.63, 3.8) is 0 Å². The van der Waals surface area contributed by atoms with Crippen LogP contribution in [0, 0.1) is 0 Å². The fourth-order valence-electron chi connectivity index (χ4n) is 2.68. The lowest BCUT2D eigenvalue weighted by molar-refractivity contribution is 0.408. The summed E-state index contributed by atoms with van der Waals surface area (Å²) in [7, 11) is -3.29. The van der Waals surface area contributed by atoms with Crippen LogP contribution >= 0.6 is 7.37 Å². The van der Waals surface area contributed by atoms with Crippen molar-refractivity contribution in [2.45, 2.75) is 64.4 Å². The molecule has 0 bridgehead atoms. The summed E-state index contributed by atoms with van der Waals surface area (Å²) in [5.41, 5.74) is 2.65. The summed E-state index contributed by atoms with van der Waals surface area (Å²) in [6.07, 6.45) is 5.89. The molecule has 1 fully saturated rings. The van der Waals surface area contributed by atoms with Crippen LogP contribution in [0.5, 0.6) is 5.75 Å². The molecular formula is C17H27O4P. The SMILES string of the molecule is CCCCc1cc(CP(=O)(O)C2CO2)cc(CCCC)c1O. The molecule has 5 heteroatoms. The average Bonchev–Trinajstić information content (AvgIpc) is 3.30. The van der Waals surface area contributed by atoms with Gasteiger partial charge in [0.15, 0.2) is 5.85 Å². The van der Waals surface area contributed by atoms with E-state index in [-0.39, 0.29) is 6.16 Å². The van der Waals surface area contributed by atoms with Crippen molar-refractivity contribution in [3.8, 4) is 5.75 Å². The molecule has 0 radical (unpaired) electrons. The predicted octanol–water partition coefficient (Wildman–Crippen LogP) is 4.20. The van der Waals surface area contributed by atoms with Gasteiger partial charge in [-0.15, -0.1) is 0 Å². The lowest BCUT2D eigenvalue weighted by Crippen LogP contribution is -1.99. The molecule has 0 saturated carbocycles. The minimum absolute atomic E-state index is 0.135. The highest BCUT2D eigenvalue weighted by atomic mass is 31.2. The average molecular weight is 326 g/mol. The van der Waals surface area contributed by atoms with Gasteiger partial charge in [0.25, 0.3) is 0 Å². The van der Waals surface area contributed by atoms with Crippen molar-refractivity contribution in [1.82, 2.24) is 0 Å². The monoisotopic (exact) mass is 326 g/mol. The van der Waals surface area contributed by atoms with Crippen molar-refractivity contribution in [2.75, 3.05) is 6.61 Å². The Labute approximate surface area is 133 Å². The maximum Gasteiger partial charge on any atom is 0.235 e. The lowest BCUT2D eigenvalue weighted by Gasteiger charge is -2.15.